The van der Waals surface area contributed by atoms with Gasteiger partial charge in [-0.05, 0) is 19.1 Å². The Hall–Kier alpha value is -2.02. The van der Waals surface area contributed by atoms with Gasteiger partial charge in [0, 0.05) is 11.8 Å². The Labute approximate surface area is 112 Å². The number of ether oxygens (including phenoxy) is 1. The van der Waals surface area contributed by atoms with Gasteiger partial charge in [0.1, 0.15) is 16.5 Å². The van der Waals surface area contributed by atoms with Gasteiger partial charge in [0.2, 0.25) is 0 Å². The van der Waals surface area contributed by atoms with E-state index in [9.17, 15) is 13.6 Å². The molecule has 0 radical (unpaired) electrons. The second kappa shape index (κ2) is 5.31. The molecule has 0 aliphatic heterocycles. The summed E-state index contributed by atoms with van der Waals surface area (Å²) in [5.41, 5.74) is 0.721. The Morgan fingerprint density at radius 1 is 1.32 bits per heavy atom. The fourth-order valence-corrected chi connectivity index (χ4v) is 2.39. The number of carbonyl (C=O) groups excluding carboxylic acids is 1. The summed E-state index contributed by atoms with van der Waals surface area (Å²) < 4.78 is 30.7. The van der Waals surface area contributed by atoms with E-state index >= 15 is 0 Å². The van der Waals surface area contributed by atoms with Crippen molar-refractivity contribution in [3.05, 3.63) is 40.4 Å². The number of nitrogens with zero attached hydrogens (tertiary/aromatic N) is 1. The summed E-state index contributed by atoms with van der Waals surface area (Å²) >= 11 is 1.06. The van der Waals surface area contributed by atoms with Crippen LogP contribution in [0.2, 0.25) is 0 Å². The van der Waals surface area contributed by atoms with Gasteiger partial charge in [0.05, 0.1) is 12.8 Å². The second-order valence-corrected chi connectivity index (χ2v) is 4.71. The minimum absolute atomic E-state index is 0.225. The van der Waals surface area contributed by atoms with Crippen molar-refractivity contribution in [2.45, 2.75) is 6.92 Å². The van der Waals surface area contributed by atoms with Crippen LogP contribution < -0.4 is 5.32 Å². The average molecular weight is 284 g/mol. The Balaban J connectivity index is 2.26. The number of halogens is 2. The molecule has 0 spiro atoms. The lowest BCUT2D eigenvalue weighted by molar-refractivity contribution is 0.0605. The van der Waals surface area contributed by atoms with Crippen LogP contribution in [0.1, 0.15) is 15.4 Å². The van der Waals surface area contributed by atoms with Gasteiger partial charge < -0.3 is 10.1 Å². The maximum absolute atomic E-state index is 13.0. The molecular formula is C12H10F2N2O2S. The monoisotopic (exact) mass is 284 g/mol. The van der Waals surface area contributed by atoms with Crippen LogP contribution in [0.15, 0.2) is 18.2 Å². The van der Waals surface area contributed by atoms with Crippen LogP contribution in [-0.4, -0.2) is 18.1 Å². The summed E-state index contributed by atoms with van der Waals surface area (Å²) in [5.74, 6) is -1.87. The molecule has 2 aromatic rings. The zero-order valence-electron chi connectivity index (χ0n) is 10.2. The van der Waals surface area contributed by atoms with E-state index < -0.39 is 17.6 Å². The number of carbonyl (C=O) groups is 1. The van der Waals surface area contributed by atoms with E-state index in [2.05, 4.69) is 15.0 Å². The number of rotatable bonds is 3. The van der Waals surface area contributed by atoms with E-state index in [1.165, 1.54) is 7.11 Å². The standard InChI is InChI=1S/C12H10F2N2O2S/c1-6-10(11(17)18-2)19-12(15-6)16-9-4-7(13)3-8(14)5-9/h3-5H,1-2H3,(H,15,16). The molecule has 19 heavy (non-hydrogen) atoms. The van der Waals surface area contributed by atoms with Crippen LogP contribution in [0, 0.1) is 18.6 Å². The molecule has 0 aliphatic carbocycles. The van der Waals surface area contributed by atoms with Gasteiger partial charge in [0.25, 0.3) is 0 Å². The van der Waals surface area contributed by atoms with Gasteiger partial charge in [0.15, 0.2) is 5.13 Å². The molecule has 0 saturated heterocycles. The predicted octanol–water partition coefficient (Wildman–Crippen LogP) is 3.26. The zero-order chi connectivity index (χ0) is 14.0. The van der Waals surface area contributed by atoms with Crippen molar-refractivity contribution in [3.63, 3.8) is 0 Å². The third-order valence-corrected chi connectivity index (χ3v) is 3.33. The number of hydrogen-bond acceptors (Lipinski definition) is 5. The highest BCUT2D eigenvalue weighted by Crippen LogP contribution is 2.26. The molecule has 0 aliphatic rings. The van der Waals surface area contributed by atoms with Crippen molar-refractivity contribution in [3.8, 4) is 0 Å². The van der Waals surface area contributed by atoms with E-state index in [0.717, 1.165) is 29.5 Å². The van der Waals surface area contributed by atoms with Crippen molar-refractivity contribution in [1.29, 1.82) is 0 Å². The van der Waals surface area contributed by atoms with Crippen LogP contribution in [0.4, 0.5) is 19.6 Å². The number of aromatic nitrogens is 1. The summed E-state index contributed by atoms with van der Waals surface area (Å²) in [6, 6.07) is 3.05. The smallest absolute Gasteiger partial charge is 0.350 e. The van der Waals surface area contributed by atoms with Crippen molar-refractivity contribution >= 4 is 28.1 Å². The summed E-state index contributed by atoms with van der Waals surface area (Å²) in [6.45, 7) is 1.65. The molecule has 0 bridgehead atoms. The number of thiazole rings is 1. The van der Waals surface area contributed by atoms with Gasteiger partial charge in [-0.25, -0.2) is 18.6 Å². The minimum Gasteiger partial charge on any atom is -0.465 e. The van der Waals surface area contributed by atoms with Crippen LogP contribution in [0.5, 0.6) is 0 Å². The highest BCUT2D eigenvalue weighted by Gasteiger charge is 2.15. The third-order valence-electron chi connectivity index (χ3n) is 2.28. The number of methoxy groups -OCH3 is 1. The molecule has 0 amide bonds. The largest absolute Gasteiger partial charge is 0.465 e. The predicted molar refractivity (Wildman–Crippen MR) is 67.8 cm³/mol. The molecule has 1 heterocycles. The number of nitrogens with one attached hydrogen (secondary N) is 1. The molecule has 2 rings (SSSR count). The molecule has 0 atom stereocenters. The lowest BCUT2D eigenvalue weighted by Gasteiger charge is -2.02. The number of benzene rings is 1. The fraction of sp³-hybridized carbons (Fsp3) is 0.167. The van der Waals surface area contributed by atoms with Gasteiger partial charge in [-0.15, -0.1) is 0 Å². The van der Waals surface area contributed by atoms with E-state index in [-0.39, 0.29) is 5.69 Å². The van der Waals surface area contributed by atoms with E-state index in [1.807, 2.05) is 0 Å². The van der Waals surface area contributed by atoms with E-state index in [1.54, 1.807) is 6.92 Å². The Bertz CT molecular complexity index is 608. The summed E-state index contributed by atoms with van der Waals surface area (Å²) in [6.07, 6.45) is 0. The average Bonchev–Trinajstić information content (AvgIpc) is 2.68. The van der Waals surface area contributed by atoms with Crippen molar-refractivity contribution in [2.24, 2.45) is 0 Å². The van der Waals surface area contributed by atoms with E-state index in [0.29, 0.717) is 15.7 Å². The first-order chi connectivity index (χ1) is 8.99. The molecule has 1 aromatic heterocycles. The highest BCUT2D eigenvalue weighted by atomic mass is 32.1. The maximum atomic E-state index is 13.0. The van der Waals surface area contributed by atoms with Crippen LogP contribution in [0.3, 0.4) is 0 Å². The van der Waals surface area contributed by atoms with Gasteiger partial charge in [-0.1, -0.05) is 11.3 Å². The second-order valence-electron chi connectivity index (χ2n) is 3.71. The molecule has 100 valence electrons. The molecule has 0 saturated carbocycles. The van der Waals surface area contributed by atoms with Crippen molar-refractivity contribution in [2.75, 3.05) is 12.4 Å². The van der Waals surface area contributed by atoms with Crippen molar-refractivity contribution in [1.82, 2.24) is 4.98 Å². The van der Waals surface area contributed by atoms with Crippen LogP contribution in [0.25, 0.3) is 0 Å². The van der Waals surface area contributed by atoms with Gasteiger partial charge in [-0.2, -0.15) is 0 Å². The summed E-state index contributed by atoms with van der Waals surface area (Å²) in [7, 11) is 1.27. The van der Waals surface area contributed by atoms with Crippen molar-refractivity contribution < 1.29 is 18.3 Å². The number of anilines is 2. The Morgan fingerprint density at radius 3 is 2.53 bits per heavy atom. The summed E-state index contributed by atoms with van der Waals surface area (Å²) in [4.78, 5) is 15.9. The first-order valence-electron chi connectivity index (χ1n) is 5.28. The molecular weight excluding hydrogens is 274 g/mol. The Kier molecular flexibility index (Phi) is 3.75. The van der Waals surface area contributed by atoms with E-state index in [4.69, 9.17) is 0 Å². The molecule has 4 nitrogen and oxygen atoms in total. The molecule has 0 unspecified atom stereocenters. The minimum atomic E-state index is -0.691. The topological polar surface area (TPSA) is 51.2 Å². The molecule has 0 fully saturated rings. The van der Waals surface area contributed by atoms with Crippen LogP contribution >= 0.6 is 11.3 Å². The number of aryl methyl sites for hydroxylation is 1. The highest BCUT2D eigenvalue weighted by molar-refractivity contribution is 7.17. The molecule has 1 aromatic carbocycles. The maximum Gasteiger partial charge on any atom is 0.350 e. The van der Waals surface area contributed by atoms with Crippen LogP contribution in [-0.2, 0) is 4.74 Å². The lowest BCUT2D eigenvalue weighted by atomic mass is 10.3. The summed E-state index contributed by atoms with van der Waals surface area (Å²) in [5, 5.41) is 3.11. The van der Waals surface area contributed by atoms with Gasteiger partial charge >= 0.3 is 5.97 Å². The number of hydrogen-bond donors (Lipinski definition) is 1. The fourth-order valence-electron chi connectivity index (χ4n) is 1.48. The number of esters is 1. The first-order valence-corrected chi connectivity index (χ1v) is 6.10. The lowest BCUT2D eigenvalue weighted by Crippen LogP contribution is -1.99. The SMILES string of the molecule is COC(=O)c1sc(Nc2cc(F)cc(F)c2)nc1C. The first kappa shape index (κ1) is 13.4. The quantitative estimate of drug-likeness (QED) is 0.879. The Morgan fingerprint density at radius 2 is 1.95 bits per heavy atom. The normalized spacial score (nSPS) is 10.3. The zero-order valence-corrected chi connectivity index (χ0v) is 11.0. The third kappa shape index (κ3) is 3.05. The van der Waals surface area contributed by atoms with Gasteiger partial charge in [-0.3, -0.25) is 0 Å². The molecule has 7 heteroatoms. The molecule has 1 N–H and O–H groups in total.